The van der Waals surface area contributed by atoms with Crippen molar-refractivity contribution < 1.29 is 14.3 Å². The third-order valence-corrected chi connectivity index (χ3v) is 7.81. The van der Waals surface area contributed by atoms with Crippen LogP contribution in [0.15, 0.2) is 72.8 Å². The zero-order chi connectivity index (χ0) is 24.8. The van der Waals surface area contributed by atoms with E-state index in [0.29, 0.717) is 17.5 Å². The molecule has 1 unspecified atom stereocenters. The number of nitrogens with one attached hydrogen (secondary N) is 2. The van der Waals surface area contributed by atoms with Crippen LogP contribution in [0.4, 0.5) is 0 Å². The molecule has 1 aromatic heterocycles. The van der Waals surface area contributed by atoms with Gasteiger partial charge in [-0.05, 0) is 66.8 Å². The minimum Gasteiger partial charge on any atom is -0.488 e. The van der Waals surface area contributed by atoms with Gasteiger partial charge in [0.05, 0.1) is 36.5 Å². The number of hydrogen-bond donors (Lipinski definition) is 2. The van der Waals surface area contributed by atoms with Crippen LogP contribution in [0.5, 0.6) is 5.75 Å². The van der Waals surface area contributed by atoms with Gasteiger partial charge in [-0.25, -0.2) is 0 Å². The van der Waals surface area contributed by atoms with Gasteiger partial charge in [0.1, 0.15) is 11.9 Å². The maximum absolute atomic E-state index is 13.3. The van der Waals surface area contributed by atoms with Gasteiger partial charge < -0.3 is 14.8 Å². The van der Waals surface area contributed by atoms with E-state index in [4.69, 9.17) is 9.47 Å². The summed E-state index contributed by atoms with van der Waals surface area (Å²) < 4.78 is 11.4. The first-order chi connectivity index (χ1) is 18.2. The third-order valence-electron chi connectivity index (χ3n) is 7.81. The topological polar surface area (TPSA) is 79.5 Å². The summed E-state index contributed by atoms with van der Waals surface area (Å²) in [6.45, 7) is 3.60. The maximum Gasteiger partial charge on any atom is 0.251 e. The summed E-state index contributed by atoms with van der Waals surface area (Å²) in [5.74, 6) is 1.32. The summed E-state index contributed by atoms with van der Waals surface area (Å²) >= 11 is 0. The second-order valence-corrected chi connectivity index (χ2v) is 10.4. The van der Waals surface area contributed by atoms with Gasteiger partial charge in [-0.15, -0.1) is 0 Å². The van der Waals surface area contributed by atoms with Crippen molar-refractivity contribution in [1.82, 2.24) is 20.4 Å². The Hall–Kier alpha value is -3.68. The molecule has 2 aliphatic heterocycles. The fourth-order valence-electron chi connectivity index (χ4n) is 5.32. The molecule has 2 saturated heterocycles. The average Bonchev–Trinajstić information content (AvgIpc) is 3.64. The second kappa shape index (κ2) is 9.32. The number of aromatic amines is 1. The van der Waals surface area contributed by atoms with E-state index in [1.807, 2.05) is 60.7 Å². The monoisotopic (exact) mass is 494 g/mol. The molecule has 1 saturated carbocycles. The first-order valence-electron chi connectivity index (χ1n) is 13.1. The molecule has 3 heterocycles. The molecule has 7 rings (SSSR count). The Morgan fingerprint density at radius 2 is 1.81 bits per heavy atom. The Kier molecular flexibility index (Phi) is 5.67. The molecule has 3 fully saturated rings. The molecule has 7 heteroatoms. The summed E-state index contributed by atoms with van der Waals surface area (Å²) in [6, 6.07) is 24.7. The number of aromatic nitrogens is 2. The van der Waals surface area contributed by atoms with E-state index >= 15 is 0 Å². The van der Waals surface area contributed by atoms with E-state index in [1.54, 1.807) is 0 Å². The predicted octanol–water partition coefficient (Wildman–Crippen LogP) is 4.57. The number of fused-ring (bicyclic) bond motifs is 1. The number of ether oxygens (including phenoxy) is 2. The Balaban J connectivity index is 1.06. The molecule has 37 heavy (non-hydrogen) atoms. The van der Waals surface area contributed by atoms with E-state index in [9.17, 15) is 4.79 Å². The molecule has 1 amide bonds. The van der Waals surface area contributed by atoms with Crippen LogP contribution in [0, 0.1) is 5.92 Å². The van der Waals surface area contributed by atoms with Crippen LogP contribution >= 0.6 is 0 Å². The second-order valence-electron chi connectivity index (χ2n) is 10.4. The first kappa shape index (κ1) is 22.5. The SMILES string of the molecule is O=C(NC(c1ccccc1)C1CC1)c1ccc2[nH]nc(-c3ccc(OC4CN(C5COC5)C4)cc3)c2c1. The number of H-pyrrole nitrogens is 1. The number of carbonyl (C=O) groups excluding carboxylic acids is 1. The van der Waals surface area contributed by atoms with E-state index in [2.05, 4.69) is 32.5 Å². The zero-order valence-electron chi connectivity index (χ0n) is 20.6. The van der Waals surface area contributed by atoms with Crippen LogP contribution in [-0.4, -0.2) is 59.5 Å². The van der Waals surface area contributed by atoms with E-state index in [0.717, 1.165) is 72.6 Å². The highest BCUT2D eigenvalue weighted by molar-refractivity contribution is 6.01. The highest BCUT2D eigenvalue weighted by atomic mass is 16.5. The molecule has 0 spiro atoms. The van der Waals surface area contributed by atoms with E-state index in [1.165, 1.54) is 0 Å². The lowest BCUT2D eigenvalue weighted by atomic mass is 10.0. The molecule has 1 atom stereocenters. The van der Waals surface area contributed by atoms with Gasteiger partial charge in [0, 0.05) is 29.6 Å². The quantitative estimate of drug-likeness (QED) is 0.375. The summed E-state index contributed by atoms with van der Waals surface area (Å²) in [4.78, 5) is 15.7. The van der Waals surface area contributed by atoms with Gasteiger partial charge in [0.25, 0.3) is 5.91 Å². The zero-order valence-corrected chi connectivity index (χ0v) is 20.6. The summed E-state index contributed by atoms with van der Waals surface area (Å²) in [6.07, 6.45) is 2.53. The van der Waals surface area contributed by atoms with Gasteiger partial charge in [-0.1, -0.05) is 30.3 Å². The molecule has 3 aliphatic rings. The summed E-state index contributed by atoms with van der Waals surface area (Å²) in [5.41, 5.74) is 4.53. The molecule has 0 radical (unpaired) electrons. The molecule has 2 N–H and O–H groups in total. The first-order valence-corrected chi connectivity index (χ1v) is 13.1. The Bertz CT molecular complexity index is 1400. The molecule has 4 aromatic rings. The van der Waals surface area contributed by atoms with Crippen molar-refractivity contribution in [3.8, 4) is 17.0 Å². The van der Waals surface area contributed by atoms with Crippen molar-refractivity contribution >= 4 is 16.8 Å². The van der Waals surface area contributed by atoms with Gasteiger partial charge >= 0.3 is 0 Å². The number of rotatable bonds is 8. The van der Waals surface area contributed by atoms with Crippen LogP contribution in [0.25, 0.3) is 22.2 Å². The maximum atomic E-state index is 13.3. The highest BCUT2D eigenvalue weighted by Gasteiger charge is 2.37. The Labute approximate surface area is 215 Å². The normalized spacial score (nSPS) is 19.2. The summed E-state index contributed by atoms with van der Waals surface area (Å²) in [7, 11) is 0. The largest absolute Gasteiger partial charge is 0.488 e. The van der Waals surface area contributed by atoms with Crippen LogP contribution in [-0.2, 0) is 4.74 Å². The lowest BCUT2D eigenvalue weighted by Gasteiger charge is -2.46. The lowest BCUT2D eigenvalue weighted by Crippen LogP contribution is -2.62. The van der Waals surface area contributed by atoms with E-state index in [-0.39, 0.29) is 18.1 Å². The smallest absolute Gasteiger partial charge is 0.251 e. The van der Waals surface area contributed by atoms with Gasteiger partial charge in [0.2, 0.25) is 0 Å². The number of amides is 1. The number of nitrogens with zero attached hydrogens (tertiary/aromatic N) is 2. The molecular formula is C30H30N4O3. The number of likely N-dealkylation sites (tertiary alicyclic amines) is 1. The predicted molar refractivity (Wildman–Crippen MR) is 141 cm³/mol. The third kappa shape index (κ3) is 4.49. The standard InChI is InChI=1S/C30H30N4O3/c35-30(31-28(20-6-7-20)19-4-2-1-3-5-19)22-10-13-27-26(14-22)29(33-32-27)21-8-11-24(12-9-21)37-25-15-34(16-25)23-17-36-18-23/h1-5,8-14,20,23,25,28H,6-7,15-18H2,(H,31,35)(H,32,33). The Morgan fingerprint density at radius 1 is 1.03 bits per heavy atom. The fourth-order valence-corrected chi connectivity index (χ4v) is 5.32. The minimum atomic E-state index is -0.0541. The summed E-state index contributed by atoms with van der Waals surface area (Å²) in [5, 5.41) is 11.9. The molecule has 3 aromatic carbocycles. The fraction of sp³-hybridized carbons (Fsp3) is 0.333. The van der Waals surface area contributed by atoms with Crippen molar-refractivity contribution in [3.05, 3.63) is 83.9 Å². The van der Waals surface area contributed by atoms with Crippen LogP contribution in [0.1, 0.15) is 34.8 Å². The van der Waals surface area contributed by atoms with E-state index < -0.39 is 0 Å². The number of hydrogen-bond acceptors (Lipinski definition) is 5. The molecule has 7 nitrogen and oxygen atoms in total. The molecule has 0 bridgehead atoms. The van der Waals surface area contributed by atoms with Gasteiger partial charge in [-0.3, -0.25) is 14.8 Å². The lowest BCUT2D eigenvalue weighted by molar-refractivity contribution is -0.115. The molecule has 1 aliphatic carbocycles. The minimum absolute atomic E-state index is 0.0468. The van der Waals surface area contributed by atoms with Gasteiger partial charge in [0.15, 0.2) is 0 Å². The molecule has 188 valence electrons. The van der Waals surface area contributed by atoms with Crippen LogP contribution < -0.4 is 10.1 Å². The van der Waals surface area contributed by atoms with Crippen molar-refractivity contribution in [3.63, 3.8) is 0 Å². The van der Waals surface area contributed by atoms with Crippen molar-refractivity contribution in [2.24, 2.45) is 5.92 Å². The van der Waals surface area contributed by atoms with Crippen molar-refractivity contribution in [2.45, 2.75) is 31.0 Å². The van der Waals surface area contributed by atoms with Crippen molar-refractivity contribution in [1.29, 1.82) is 0 Å². The Morgan fingerprint density at radius 3 is 2.51 bits per heavy atom. The average molecular weight is 495 g/mol. The molecular weight excluding hydrogens is 464 g/mol. The van der Waals surface area contributed by atoms with Gasteiger partial charge in [-0.2, -0.15) is 5.10 Å². The number of carbonyl (C=O) groups is 1. The van der Waals surface area contributed by atoms with Crippen LogP contribution in [0.3, 0.4) is 0 Å². The number of benzene rings is 3. The van der Waals surface area contributed by atoms with Crippen molar-refractivity contribution in [2.75, 3.05) is 26.3 Å². The highest BCUT2D eigenvalue weighted by Crippen LogP contribution is 2.41. The van der Waals surface area contributed by atoms with Crippen LogP contribution in [0.2, 0.25) is 0 Å².